The van der Waals surface area contributed by atoms with Crippen molar-refractivity contribution in [1.82, 2.24) is 0 Å². The van der Waals surface area contributed by atoms with Crippen LogP contribution >= 0.6 is 0 Å². The number of methoxy groups -OCH3 is 1. The van der Waals surface area contributed by atoms with Gasteiger partial charge < -0.3 is 24.3 Å². The smallest absolute Gasteiger partial charge is 0.163 e. The molecule has 0 bridgehead atoms. The SMILES string of the molecule is COCCOCCNc1ccc2c(c1)OCCCO2. The largest absolute Gasteiger partial charge is 0.490 e. The minimum Gasteiger partial charge on any atom is -0.490 e. The van der Waals surface area contributed by atoms with Gasteiger partial charge in [-0.3, -0.25) is 0 Å². The van der Waals surface area contributed by atoms with E-state index in [0.717, 1.165) is 30.2 Å². The molecule has 5 nitrogen and oxygen atoms in total. The van der Waals surface area contributed by atoms with Crippen molar-refractivity contribution in [3.05, 3.63) is 18.2 Å². The second-order valence-corrected chi connectivity index (χ2v) is 4.24. The van der Waals surface area contributed by atoms with E-state index in [1.54, 1.807) is 7.11 Å². The number of fused-ring (bicyclic) bond motifs is 1. The molecule has 1 aliphatic heterocycles. The summed E-state index contributed by atoms with van der Waals surface area (Å²) in [4.78, 5) is 0. The summed E-state index contributed by atoms with van der Waals surface area (Å²) >= 11 is 0. The van der Waals surface area contributed by atoms with Crippen LogP contribution in [0.2, 0.25) is 0 Å². The Morgan fingerprint density at radius 2 is 1.95 bits per heavy atom. The zero-order chi connectivity index (χ0) is 13.3. The second-order valence-electron chi connectivity index (χ2n) is 4.24. The van der Waals surface area contributed by atoms with Gasteiger partial charge in [0.25, 0.3) is 0 Å². The Balaban J connectivity index is 1.76. The molecule has 0 atom stereocenters. The average molecular weight is 267 g/mol. The van der Waals surface area contributed by atoms with Gasteiger partial charge in [-0.25, -0.2) is 0 Å². The zero-order valence-electron chi connectivity index (χ0n) is 11.3. The Morgan fingerprint density at radius 1 is 1.11 bits per heavy atom. The highest BCUT2D eigenvalue weighted by atomic mass is 16.5. The van der Waals surface area contributed by atoms with Crippen LogP contribution in [-0.2, 0) is 9.47 Å². The van der Waals surface area contributed by atoms with Crippen LogP contribution < -0.4 is 14.8 Å². The quantitative estimate of drug-likeness (QED) is 0.765. The fourth-order valence-electron chi connectivity index (χ4n) is 1.79. The number of benzene rings is 1. The predicted octanol–water partition coefficient (Wildman–Crippen LogP) is 1.92. The third-order valence-electron chi connectivity index (χ3n) is 2.75. The Labute approximate surface area is 113 Å². The molecule has 1 aliphatic rings. The fraction of sp³-hybridized carbons (Fsp3) is 0.571. The lowest BCUT2D eigenvalue weighted by atomic mass is 10.2. The topological polar surface area (TPSA) is 49.0 Å². The molecule has 0 amide bonds. The van der Waals surface area contributed by atoms with E-state index in [4.69, 9.17) is 18.9 Å². The van der Waals surface area contributed by atoms with E-state index in [2.05, 4.69) is 5.32 Å². The Kier molecular flexibility index (Phi) is 5.78. The first kappa shape index (κ1) is 14.0. The van der Waals surface area contributed by atoms with Crippen LogP contribution in [0.25, 0.3) is 0 Å². The first-order valence-electron chi connectivity index (χ1n) is 6.60. The van der Waals surface area contributed by atoms with Crippen molar-refractivity contribution >= 4 is 5.69 Å². The Morgan fingerprint density at radius 3 is 2.79 bits per heavy atom. The molecule has 19 heavy (non-hydrogen) atoms. The van der Waals surface area contributed by atoms with E-state index in [1.165, 1.54) is 0 Å². The monoisotopic (exact) mass is 267 g/mol. The molecule has 0 saturated carbocycles. The van der Waals surface area contributed by atoms with Crippen LogP contribution in [0.5, 0.6) is 11.5 Å². The molecule has 5 heteroatoms. The third-order valence-corrected chi connectivity index (χ3v) is 2.75. The summed E-state index contributed by atoms with van der Waals surface area (Å²) in [6, 6.07) is 5.90. The number of hydrogen-bond donors (Lipinski definition) is 1. The van der Waals surface area contributed by atoms with Crippen LogP contribution in [0.3, 0.4) is 0 Å². The summed E-state index contributed by atoms with van der Waals surface area (Å²) in [5, 5.41) is 3.29. The summed E-state index contributed by atoms with van der Waals surface area (Å²) in [7, 11) is 1.67. The fourth-order valence-corrected chi connectivity index (χ4v) is 1.79. The van der Waals surface area contributed by atoms with Crippen molar-refractivity contribution in [2.75, 3.05) is 52.0 Å². The minimum atomic E-state index is 0.624. The lowest BCUT2D eigenvalue weighted by molar-refractivity contribution is 0.0759. The minimum absolute atomic E-state index is 0.624. The summed E-state index contributed by atoms with van der Waals surface area (Å²) in [5.41, 5.74) is 1.01. The molecular formula is C14H21NO4. The normalized spacial score (nSPS) is 13.9. The van der Waals surface area contributed by atoms with E-state index in [-0.39, 0.29) is 0 Å². The molecule has 1 heterocycles. The van der Waals surface area contributed by atoms with Crippen molar-refractivity contribution in [2.45, 2.75) is 6.42 Å². The van der Waals surface area contributed by atoms with Crippen LogP contribution in [0.15, 0.2) is 18.2 Å². The molecule has 0 aromatic heterocycles. The van der Waals surface area contributed by atoms with Gasteiger partial charge in [-0.1, -0.05) is 0 Å². The first-order valence-corrected chi connectivity index (χ1v) is 6.60. The number of ether oxygens (including phenoxy) is 4. The van der Waals surface area contributed by atoms with Gasteiger partial charge in [-0.05, 0) is 12.1 Å². The first-order chi connectivity index (χ1) is 9.40. The van der Waals surface area contributed by atoms with Gasteiger partial charge in [-0.2, -0.15) is 0 Å². The average Bonchev–Trinajstić information content (AvgIpc) is 2.67. The molecule has 0 unspecified atom stereocenters. The van der Waals surface area contributed by atoms with Crippen molar-refractivity contribution in [3.8, 4) is 11.5 Å². The standard InChI is InChI=1S/C14H21NO4/c1-16-9-10-17-8-5-15-12-3-4-13-14(11-12)19-7-2-6-18-13/h3-4,11,15H,2,5-10H2,1H3. The maximum atomic E-state index is 5.64. The molecule has 0 saturated heterocycles. The van der Waals surface area contributed by atoms with E-state index in [9.17, 15) is 0 Å². The van der Waals surface area contributed by atoms with Crippen molar-refractivity contribution < 1.29 is 18.9 Å². The summed E-state index contributed by atoms with van der Waals surface area (Å²) in [5.74, 6) is 1.63. The number of hydrogen-bond acceptors (Lipinski definition) is 5. The highest BCUT2D eigenvalue weighted by molar-refractivity contribution is 5.54. The molecule has 2 rings (SSSR count). The van der Waals surface area contributed by atoms with Gasteiger partial charge >= 0.3 is 0 Å². The summed E-state index contributed by atoms with van der Waals surface area (Å²) < 4.78 is 21.5. The van der Waals surface area contributed by atoms with Crippen LogP contribution in [0, 0.1) is 0 Å². The van der Waals surface area contributed by atoms with Gasteiger partial charge in [0.1, 0.15) is 0 Å². The van der Waals surface area contributed by atoms with Crippen molar-refractivity contribution in [1.29, 1.82) is 0 Å². The maximum Gasteiger partial charge on any atom is 0.163 e. The third kappa shape index (κ3) is 4.61. The molecule has 0 spiro atoms. The molecule has 0 aliphatic carbocycles. The lowest BCUT2D eigenvalue weighted by Crippen LogP contribution is -2.12. The molecule has 1 N–H and O–H groups in total. The molecule has 0 radical (unpaired) electrons. The van der Waals surface area contributed by atoms with Gasteiger partial charge in [-0.15, -0.1) is 0 Å². The highest BCUT2D eigenvalue weighted by Gasteiger charge is 2.10. The number of nitrogens with one attached hydrogen (secondary N) is 1. The van der Waals surface area contributed by atoms with Crippen molar-refractivity contribution in [2.24, 2.45) is 0 Å². The molecule has 1 aromatic rings. The number of rotatable bonds is 7. The Hall–Kier alpha value is -1.46. The van der Waals surface area contributed by atoms with Gasteiger partial charge in [0.05, 0.1) is 33.0 Å². The van der Waals surface area contributed by atoms with Crippen LogP contribution in [0.4, 0.5) is 5.69 Å². The van der Waals surface area contributed by atoms with E-state index in [1.807, 2.05) is 18.2 Å². The number of anilines is 1. The lowest BCUT2D eigenvalue weighted by Gasteiger charge is -2.11. The van der Waals surface area contributed by atoms with Crippen LogP contribution in [-0.4, -0.2) is 46.7 Å². The summed E-state index contributed by atoms with van der Waals surface area (Å²) in [6.07, 6.45) is 0.921. The second kappa shape index (κ2) is 7.86. The highest BCUT2D eigenvalue weighted by Crippen LogP contribution is 2.32. The molecular weight excluding hydrogens is 246 g/mol. The van der Waals surface area contributed by atoms with E-state index >= 15 is 0 Å². The summed E-state index contributed by atoms with van der Waals surface area (Å²) in [6.45, 7) is 4.08. The zero-order valence-corrected chi connectivity index (χ0v) is 11.3. The van der Waals surface area contributed by atoms with Crippen molar-refractivity contribution in [3.63, 3.8) is 0 Å². The molecule has 0 fully saturated rings. The van der Waals surface area contributed by atoms with Crippen LogP contribution in [0.1, 0.15) is 6.42 Å². The molecule has 1 aromatic carbocycles. The van der Waals surface area contributed by atoms with E-state index < -0.39 is 0 Å². The molecule has 106 valence electrons. The predicted molar refractivity (Wildman–Crippen MR) is 73.2 cm³/mol. The van der Waals surface area contributed by atoms with E-state index in [0.29, 0.717) is 33.0 Å². The maximum absolute atomic E-state index is 5.64. The van der Waals surface area contributed by atoms with Gasteiger partial charge in [0.15, 0.2) is 11.5 Å². The van der Waals surface area contributed by atoms with Gasteiger partial charge in [0.2, 0.25) is 0 Å². The Bertz CT molecular complexity index is 384. The van der Waals surface area contributed by atoms with Gasteiger partial charge in [0, 0.05) is 31.8 Å².